The zero-order valence-electron chi connectivity index (χ0n) is 12.7. The highest BCUT2D eigenvalue weighted by molar-refractivity contribution is 4.88. The third-order valence-corrected chi connectivity index (χ3v) is 3.53. The largest absolute Gasteiger partial charge is 0.307 e. The topological polar surface area (TPSA) is 92.2 Å². The molecule has 0 bridgehead atoms. The van der Waals surface area contributed by atoms with Gasteiger partial charge in [0.2, 0.25) is 0 Å². The Labute approximate surface area is 114 Å². The molecule has 0 fully saturated rings. The van der Waals surface area contributed by atoms with E-state index in [1.807, 2.05) is 27.7 Å². The number of hydrogen-bond acceptors (Lipinski definition) is 7. The SMILES string of the molecule is CC(N=O)C(C)(C)NCCONC(C)(C)C(C)N=O. The van der Waals surface area contributed by atoms with Gasteiger partial charge in [-0.15, -0.1) is 0 Å². The fourth-order valence-electron chi connectivity index (χ4n) is 1.16. The smallest absolute Gasteiger partial charge is 0.109 e. The van der Waals surface area contributed by atoms with Gasteiger partial charge < -0.3 is 5.32 Å². The van der Waals surface area contributed by atoms with Crippen LogP contribution in [-0.2, 0) is 4.84 Å². The second-order valence-electron chi connectivity index (χ2n) is 5.88. The van der Waals surface area contributed by atoms with Crippen LogP contribution in [0.25, 0.3) is 0 Å². The van der Waals surface area contributed by atoms with E-state index in [0.717, 1.165) is 0 Å². The maximum absolute atomic E-state index is 10.5. The van der Waals surface area contributed by atoms with Crippen LogP contribution in [0.4, 0.5) is 0 Å². The summed E-state index contributed by atoms with van der Waals surface area (Å²) in [6.45, 7) is 12.0. The highest BCUT2D eigenvalue weighted by Gasteiger charge is 2.28. The summed E-state index contributed by atoms with van der Waals surface area (Å²) in [4.78, 5) is 26.3. The molecule has 2 unspecified atom stereocenters. The average Bonchev–Trinajstić information content (AvgIpc) is 2.35. The molecule has 0 aromatic carbocycles. The summed E-state index contributed by atoms with van der Waals surface area (Å²) in [6.07, 6.45) is 0. The summed E-state index contributed by atoms with van der Waals surface area (Å²) in [7, 11) is 0. The van der Waals surface area contributed by atoms with Crippen LogP contribution in [0.1, 0.15) is 41.5 Å². The molecule has 0 aromatic heterocycles. The summed E-state index contributed by atoms with van der Waals surface area (Å²) >= 11 is 0. The molecule has 0 saturated heterocycles. The van der Waals surface area contributed by atoms with E-state index in [1.54, 1.807) is 13.8 Å². The lowest BCUT2D eigenvalue weighted by molar-refractivity contribution is -0.0182. The molecule has 0 rings (SSSR count). The Balaban J connectivity index is 3.94. The molecule has 0 aliphatic heterocycles. The third-order valence-electron chi connectivity index (χ3n) is 3.53. The lowest BCUT2D eigenvalue weighted by Gasteiger charge is -2.30. The molecule has 0 aromatic rings. The molecular weight excluding hydrogens is 248 g/mol. The van der Waals surface area contributed by atoms with Crippen molar-refractivity contribution in [1.29, 1.82) is 0 Å². The number of nitroso groups, excluding NO2 is 2. The van der Waals surface area contributed by atoms with Gasteiger partial charge in [0.1, 0.15) is 12.1 Å². The molecule has 19 heavy (non-hydrogen) atoms. The van der Waals surface area contributed by atoms with Gasteiger partial charge in [0.25, 0.3) is 0 Å². The van der Waals surface area contributed by atoms with Crippen molar-refractivity contribution >= 4 is 0 Å². The second kappa shape index (κ2) is 7.62. The molecule has 7 heteroatoms. The lowest BCUT2D eigenvalue weighted by Crippen LogP contribution is -2.50. The van der Waals surface area contributed by atoms with E-state index in [0.29, 0.717) is 13.2 Å². The van der Waals surface area contributed by atoms with E-state index in [4.69, 9.17) is 4.84 Å². The Morgan fingerprint density at radius 1 is 1.00 bits per heavy atom. The van der Waals surface area contributed by atoms with Gasteiger partial charge in [-0.3, -0.25) is 4.84 Å². The molecule has 0 aliphatic carbocycles. The second-order valence-corrected chi connectivity index (χ2v) is 5.88. The van der Waals surface area contributed by atoms with Crippen molar-refractivity contribution in [1.82, 2.24) is 10.8 Å². The Hall–Kier alpha value is -0.920. The van der Waals surface area contributed by atoms with Crippen molar-refractivity contribution in [2.24, 2.45) is 10.4 Å². The molecule has 112 valence electrons. The van der Waals surface area contributed by atoms with E-state index in [-0.39, 0.29) is 11.6 Å². The highest BCUT2D eigenvalue weighted by atomic mass is 16.6. The normalized spacial score (nSPS) is 15.9. The maximum Gasteiger partial charge on any atom is 0.109 e. The van der Waals surface area contributed by atoms with E-state index in [9.17, 15) is 9.81 Å². The molecule has 0 amide bonds. The molecule has 0 spiro atoms. The minimum Gasteiger partial charge on any atom is -0.307 e. The Kier molecular flexibility index (Phi) is 7.25. The Morgan fingerprint density at radius 2 is 1.47 bits per heavy atom. The van der Waals surface area contributed by atoms with Crippen molar-refractivity contribution < 1.29 is 4.84 Å². The van der Waals surface area contributed by atoms with Crippen LogP contribution in [0.15, 0.2) is 10.4 Å². The summed E-state index contributed by atoms with van der Waals surface area (Å²) in [5, 5.41) is 9.19. The summed E-state index contributed by atoms with van der Waals surface area (Å²) in [5.41, 5.74) is 1.92. The van der Waals surface area contributed by atoms with Gasteiger partial charge in [0, 0.05) is 12.1 Å². The summed E-state index contributed by atoms with van der Waals surface area (Å²) in [6, 6.07) is -0.715. The van der Waals surface area contributed by atoms with Gasteiger partial charge in [0.05, 0.1) is 12.1 Å². The first-order valence-corrected chi connectivity index (χ1v) is 6.46. The fourth-order valence-corrected chi connectivity index (χ4v) is 1.16. The van der Waals surface area contributed by atoms with E-state index >= 15 is 0 Å². The van der Waals surface area contributed by atoms with Gasteiger partial charge in [-0.05, 0) is 41.5 Å². The van der Waals surface area contributed by atoms with Crippen LogP contribution < -0.4 is 10.8 Å². The van der Waals surface area contributed by atoms with Gasteiger partial charge in [-0.25, -0.2) is 0 Å². The number of hydrogen-bond donors (Lipinski definition) is 2. The van der Waals surface area contributed by atoms with E-state index in [2.05, 4.69) is 21.2 Å². The first-order valence-electron chi connectivity index (χ1n) is 6.46. The standard InChI is InChI=1S/C12H26N4O3/c1-9(14-17)11(3,4)13-7-8-19-16-12(5,6)10(2)15-18/h9-10,13,16H,7-8H2,1-6H3. The van der Waals surface area contributed by atoms with Crippen LogP contribution in [0.3, 0.4) is 0 Å². The van der Waals surface area contributed by atoms with Crippen molar-refractivity contribution in [3.63, 3.8) is 0 Å². The molecule has 0 radical (unpaired) electrons. The predicted octanol–water partition coefficient (Wildman–Crippen LogP) is 1.96. The molecule has 0 heterocycles. The van der Waals surface area contributed by atoms with Crippen LogP contribution in [0.2, 0.25) is 0 Å². The number of nitrogens with one attached hydrogen (secondary N) is 2. The molecule has 7 nitrogen and oxygen atoms in total. The van der Waals surface area contributed by atoms with Gasteiger partial charge >= 0.3 is 0 Å². The Morgan fingerprint density at radius 3 is 1.95 bits per heavy atom. The summed E-state index contributed by atoms with van der Waals surface area (Å²) < 4.78 is 0. The fraction of sp³-hybridized carbons (Fsp3) is 1.00. The lowest BCUT2D eigenvalue weighted by atomic mass is 9.97. The minimum atomic E-state index is -0.519. The van der Waals surface area contributed by atoms with Crippen LogP contribution in [-0.4, -0.2) is 36.3 Å². The third kappa shape index (κ3) is 6.17. The quantitative estimate of drug-likeness (QED) is 0.361. The summed E-state index contributed by atoms with van der Waals surface area (Å²) in [5.74, 6) is 0. The monoisotopic (exact) mass is 274 g/mol. The van der Waals surface area contributed by atoms with Crippen molar-refractivity contribution in [2.75, 3.05) is 13.2 Å². The predicted molar refractivity (Wildman–Crippen MR) is 75.8 cm³/mol. The number of hydroxylamine groups is 1. The average molecular weight is 274 g/mol. The molecule has 2 N–H and O–H groups in total. The Bertz CT molecular complexity index is 267. The van der Waals surface area contributed by atoms with Gasteiger partial charge in [0.15, 0.2) is 0 Å². The zero-order valence-corrected chi connectivity index (χ0v) is 12.7. The van der Waals surface area contributed by atoms with E-state index in [1.165, 1.54) is 0 Å². The van der Waals surface area contributed by atoms with Crippen LogP contribution in [0.5, 0.6) is 0 Å². The van der Waals surface area contributed by atoms with Crippen LogP contribution in [0, 0.1) is 9.81 Å². The van der Waals surface area contributed by atoms with Crippen molar-refractivity contribution in [2.45, 2.75) is 64.7 Å². The minimum absolute atomic E-state index is 0.323. The highest BCUT2D eigenvalue weighted by Crippen LogP contribution is 2.12. The van der Waals surface area contributed by atoms with E-state index < -0.39 is 11.6 Å². The zero-order chi connectivity index (χ0) is 15.1. The molecule has 0 aliphatic rings. The molecule has 0 saturated carbocycles. The van der Waals surface area contributed by atoms with Crippen molar-refractivity contribution in [3.05, 3.63) is 9.81 Å². The van der Waals surface area contributed by atoms with Crippen molar-refractivity contribution in [3.8, 4) is 0 Å². The van der Waals surface area contributed by atoms with Gasteiger partial charge in [-0.2, -0.15) is 15.3 Å². The molecule has 2 atom stereocenters. The number of rotatable bonds is 10. The first kappa shape index (κ1) is 18.1. The maximum atomic E-state index is 10.5. The number of nitrogens with zero attached hydrogens (tertiary/aromatic N) is 2. The van der Waals surface area contributed by atoms with Gasteiger partial charge in [-0.1, -0.05) is 10.4 Å². The van der Waals surface area contributed by atoms with Crippen LogP contribution >= 0.6 is 0 Å². The first-order chi connectivity index (χ1) is 8.67. The molecular formula is C12H26N4O3.